The first-order chi connectivity index (χ1) is 7.25. The topological polar surface area (TPSA) is 65.1 Å². The molecule has 1 aliphatic rings. The SMILES string of the molecule is Cn1cc(N)c(NCCOCC2CC2)n1. The fourth-order valence-electron chi connectivity index (χ4n) is 1.42. The van der Waals surface area contributed by atoms with Gasteiger partial charge in [-0.1, -0.05) is 0 Å². The first-order valence-electron chi connectivity index (χ1n) is 5.36. The summed E-state index contributed by atoms with van der Waals surface area (Å²) in [7, 11) is 1.85. The third-order valence-electron chi connectivity index (χ3n) is 2.45. The Morgan fingerprint density at radius 3 is 3.07 bits per heavy atom. The second kappa shape index (κ2) is 4.53. The van der Waals surface area contributed by atoms with Crippen molar-refractivity contribution >= 4 is 11.5 Å². The standard InChI is InChI=1S/C10H18N4O/c1-14-6-9(11)10(13-14)12-4-5-15-7-8-2-3-8/h6,8H,2-5,7,11H2,1H3,(H,12,13). The second-order valence-electron chi connectivity index (χ2n) is 4.05. The summed E-state index contributed by atoms with van der Waals surface area (Å²) in [5.41, 5.74) is 6.41. The minimum Gasteiger partial charge on any atom is -0.394 e. The van der Waals surface area contributed by atoms with Gasteiger partial charge in [0.15, 0.2) is 5.82 Å². The van der Waals surface area contributed by atoms with E-state index in [9.17, 15) is 0 Å². The number of anilines is 2. The lowest BCUT2D eigenvalue weighted by Gasteiger charge is -2.04. The first kappa shape index (κ1) is 10.3. The molecule has 84 valence electrons. The van der Waals surface area contributed by atoms with Crippen molar-refractivity contribution in [2.45, 2.75) is 12.8 Å². The van der Waals surface area contributed by atoms with Crippen molar-refractivity contribution in [3.05, 3.63) is 6.20 Å². The van der Waals surface area contributed by atoms with Crippen LogP contribution >= 0.6 is 0 Å². The molecule has 3 N–H and O–H groups in total. The molecule has 0 aromatic carbocycles. The molecule has 15 heavy (non-hydrogen) atoms. The molecule has 0 spiro atoms. The fraction of sp³-hybridized carbons (Fsp3) is 0.700. The number of hydrogen-bond donors (Lipinski definition) is 2. The highest BCUT2D eigenvalue weighted by atomic mass is 16.5. The van der Waals surface area contributed by atoms with Gasteiger partial charge in [-0.25, -0.2) is 0 Å². The lowest BCUT2D eigenvalue weighted by Crippen LogP contribution is -2.11. The number of nitrogens with zero attached hydrogens (tertiary/aromatic N) is 2. The van der Waals surface area contributed by atoms with Crippen molar-refractivity contribution in [1.29, 1.82) is 0 Å². The number of rotatable bonds is 6. The van der Waals surface area contributed by atoms with Gasteiger partial charge in [0.05, 0.1) is 12.3 Å². The molecule has 1 fully saturated rings. The zero-order valence-electron chi connectivity index (χ0n) is 9.07. The van der Waals surface area contributed by atoms with Crippen LogP contribution in [0, 0.1) is 5.92 Å². The molecule has 1 heterocycles. The van der Waals surface area contributed by atoms with Gasteiger partial charge in [0.1, 0.15) is 0 Å². The van der Waals surface area contributed by atoms with E-state index < -0.39 is 0 Å². The van der Waals surface area contributed by atoms with Crippen molar-refractivity contribution < 1.29 is 4.74 Å². The van der Waals surface area contributed by atoms with Crippen LogP contribution in [-0.2, 0) is 11.8 Å². The molecule has 5 heteroatoms. The van der Waals surface area contributed by atoms with Crippen LogP contribution in [0.25, 0.3) is 0 Å². The number of aromatic nitrogens is 2. The van der Waals surface area contributed by atoms with Crippen LogP contribution in [-0.4, -0.2) is 29.5 Å². The summed E-state index contributed by atoms with van der Waals surface area (Å²) in [4.78, 5) is 0. The Balaban J connectivity index is 1.62. The van der Waals surface area contributed by atoms with E-state index >= 15 is 0 Å². The summed E-state index contributed by atoms with van der Waals surface area (Å²) in [5.74, 6) is 1.57. The van der Waals surface area contributed by atoms with Gasteiger partial charge in [-0.2, -0.15) is 5.10 Å². The average Bonchev–Trinajstić information content (AvgIpc) is 2.94. The highest BCUT2D eigenvalue weighted by molar-refractivity contribution is 5.59. The van der Waals surface area contributed by atoms with Gasteiger partial charge in [0.2, 0.25) is 0 Å². The number of nitrogens with two attached hydrogens (primary N) is 1. The Hall–Kier alpha value is -1.23. The van der Waals surface area contributed by atoms with E-state index in [2.05, 4.69) is 10.4 Å². The minimum absolute atomic E-state index is 0.680. The van der Waals surface area contributed by atoms with Crippen molar-refractivity contribution in [3.8, 4) is 0 Å². The normalized spacial score (nSPS) is 15.5. The number of nitrogens with one attached hydrogen (secondary N) is 1. The third-order valence-corrected chi connectivity index (χ3v) is 2.45. The maximum atomic E-state index is 5.73. The molecule has 0 saturated heterocycles. The van der Waals surface area contributed by atoms with Gasteiger partial charge in [0, 0.05) is 26.4 Å². The third kappa shape index (κ3) is 3.13. The smallest absolute Gasteiger partial charge is 0.171 e. The Labute approximate surface area is 89.6 Å². The maximum absolute atomic E-state index is 5.73. The lowest BCUT2D eigenvalue weighted by molar-refractivity contribution is 0.134. The van der Waals surface area contributed by atoms with Gasteiger partial charge in [-0.3, -0.25) is 4.68 Å². The Morgan fingerprint density at radius 2 is 2.47 bits per heavy atom. The van der Waals surface area contributed by atoms with Crippen LogP contribution in [0.5, 0.6) is 0 Å². The Morgan fingerprint density at radius 1 is 1.67 bits per heavy atom. The van der Waals surface area contributed by atoms with E-state index in [4.69, 9.17) is 10.5 Å². The van der Waals surface area contributed by atoms with Gasteiger partial charge in [-0.05, 0) is 18.8 Å². The molecule has 1 aliphatic carbocycles. The monoisotopic (exact) mass is 210 g/mol. The molecule has 0 atom stereocenters. The van der Waals surface area contributed by atoms with Gasteiger partial charge >= 0.3 is 0 Å². The van der Waals surface area contributed by atoms with Gasteiger partial charge in [-0.15, -0.1) is 0 Å². The first-order valence-corrected chi connectivity index (χ1v) is 5.36. The minimum atomic E-state index is 0.680. The van der Waals surface area contributed by atoms with Crippen LogP contribution in [0.4, 0.5) is 11.5 Å². The van der Waals surface area contributed by atoms with Crippen LogP contribution in [0.3, 0.4) is 0 Å². The van der Waals surface area contributed by atoms with E-state index in [0.29, 0.717) is 12.3 Å². The van der Waals surface area contributed by atoms with Crippen molar-refractivity contribution in [2.24, 2.45) is 13.0 Å². The highest BCUT2D eigenvalue weighted by Crippen LogP contribution is 2.28. The average molecular weight is 210 g/mol. The van der Waals surface area contributed by atoms with Crippen LogP contribution in [0.15, 0.2) is 6.20 Å². The van der Waals surface area contributed by atoms with Crippen molar-refractivity contribution in [2.75, 3.05) is 30.8 Å². The molecule has 2 rings (SSSR count). The number of ether oxygens (including phenoxy) is 1. The van der Waals surface area contributed by atoms with E-state index in [-0.39, 0.29) is 0 Å². The Kier molecular flexibility index (Phi) is 3.11. The number of nitrogen functional groups attached to an aromatic ring is 1. The predicted octanol–water partition coefficient (Wildman–Crippen LogP) is 0.841. The molecule has 1 saturated carbocycles. The molecule has 0 aliphatic heterocycles. The van der Waals surface area contributed by atoms with Crippen LogP contribution in [0.2, 0.25) is 0 Å². The predicted molar refractivity (Wildman–Crippen MR) is 59.7 cm³/mol. The number of hydrogen-bond acceptors (Lipinski definition) is 4. The van der Waals surface area contributed by atoms with E-state index in [1.54, 1.807) is 10.9 Å². The maximum Gasteiger partial charge on any atom is 0.171 e. The zero-order chi connectivity index (χ0) is 10.7. The summed E-state index contributed by atoms with van der Waals surface area (Å²) in [6.45, 7) is 2.37. The van der Waals surface area contributed by atoms with E-state index in [1.165, 1.54) is 12.8 Å². The molecular weight excluding hydrogens is 192 g/mol. The highest BCUT2D eigenvalue weighted by Gasteiger charge is 2.20. The van der Waals surface area contributed by atoms with E-state index in [0.717, 1.165) is 24.9 Å². The van der Waals surface area contributed by atoms with Gasteiger partial charge < -0.3 is 15.8 Å². The second-order valence-corrected chi connectivity index (χ2v) is 4.05. The molecule has 0 radical (unpaired) electrons. The lowest BCUT2D eigenvalue weighted by atomic mass is 10.5. The Bertz CT molecular complexity index is 319. The molecule has 0 unspecified atom stereocenters. The summed E-state index contributed by atoms with van der Waals surface area (Å²) >= 11 is 0. The molecule has 5 nitrogen and oxygen atoms in total. The van der Waals surface area contributed by atoms with Crippen LogP contribution < -0.4 is 11.1 Å². The summed E-state index contributed by atoms with van der Waals surface area (Å²) in [6, 6.07) is 0. The molecule has 1 aromatic heterocycles. The summed E-state index contributed by atoms with van der Waals surface area (Å²) in [6.07, 6.45) is 4.45. The summed E-state index contributed by atoms with van der Waals surface area (Å²) < 4.78 is 7.19. The zero-order valence-corrected chi connectivity index (χ0v) is 9.07. The van der Waals surface area contributed by atoms with Crippen molar-refractivity contribution in [1.82, 2.24) is 9.78 Å². The molecule has 0 bridgehead atoms. The number of aryl methyl sites for hydroxylation is 1. The fourth-order valence-corrected chi connectivity index (χ4v) is 1.42. The van der Waals surface area contributed by atoms with Crippen LogP contribution in [0.1, 0.15) is 12.8 Å². The molecule has 0 amide bonds. The van der Waals surface area contributed by atoms with E-state index in [1.807, 2.05) is 7.05 Å². The molecule has 1 aromatic rings. The largest absolute Gasteiger partial charge is 0.394 e. The summed E-state index contributed by atoms with van der Waals surface area (Å²) in [5, 5.41) is 7.33. The van der Waals surface area contributed by atoms with Gasteiger partial charge in [0.25, 0.3) is 0 Å². The molecular formula is C10H18N4O. The van der Waals surface area contributed by atoms with Crippen molar-refractivity contribution in [3.63, 3.8) is 0 Å². The quantitative estimate of drug-likeness (QED) is 0.683.